The number of nitrogens with one attached hydrogen (secondary N) is 1. The van der Waals surface area contributed by atoms with Crippen molar-refractivity contribution in [2.45, 2.75) is 24.0 Å². The quantitative estimate of drug-likeness (QED) is 0.691. The molecule has 0 unspecified atom stereocenters. The summed E-state index contributed by atoms with van der Waals surface area (Å²) < 4.78 is 0.828. The highest BCUT2D eigenvalue weighted by atomic mass is 79.9. The van der Waals surface area contributed by atoms with Crippen LogP contribution in [0.1, 0.15) is 11.4 Å². The van der Waals surface area contributed by atoms with Crippen LogP contribution < -0.4 is 5.32 Å². The molecule has 2 aromatic heterocycles. The first-order valence-electron chi connectivity index (χ1n) is 5.29. The molecule has 2 rings (SSSR count). The van der Waals surface area contributed by atoms with Gasteiger partial charge in [-0.3, -0.25) is 0 Å². The highest BCUT2D eigenvalue weighted by molar-refractivity contribution is 9.10. The molecule has 0 spiro atoms. The fourth-order valence-electron chi connectivity index (χ4n) is 1.37. The minimum Gasteiger partial charge on any atom is -0.357 e. The molecule has 0 saturated heterocycles. The second-order valence-corrected chi connectivity index (χ2v) is 5.44. The van der Waals surface area contributed by atoms with Crippen LogP contribution in [0.3, 0.4) is 0 Å². The van der Waals surface area contributed by atoms with Crippen LogP contribution in [0.4, 0.5) is 5.95 Å². The Balaban J connectivity index is 2.33. The maximum absolute atomic E-state index is 4.38. The van der Waals surface area contributed by atoms with E-state index < -0.39 is 0 Å². The highest BCUT2D eigenvalue weighted by Gasteiger charge is 2.09. The Kier molecular flexibility index (Phi) is 4.13. The molecule has 5 nitrogen and oxygen atoms in total. The van der Waals surface area contributed by atoms with Gasteiger partial charge in [-0.25, -0.2) is 19.9 Å². The second kappa shape index (κ2) is 5.62. The maximum atomic E-state index is 4.38. The Labute approximate surface area is 118 Å². The molecule has 7 heteroatoms. The van der Waals surface area contributed by atoms with Gasteiger partial charge in [-0.1, -0.05) is 0 Å². The van der Waals surface area contributed by atoms with Gasteiger partial charge in [0.05, 0.1) is 4.47 Å². The minimum atomic E-state index is 0.574. The van der Waals surface area contributed by atoms with Crippen molar-refractivity contribution in [1.29, 1.82) is 0 Å². The van der Waals surface area contributed by atoms with Gasteiger partial charge < -0.3 is 5.32 Å². The Morgan fingerprint density at radius 1 is 1.17 bits per heavy atom. The first kappa shape index (κ1) is 13.2. The summed E-state index contributed by atoms with van der Waals surface area (Å²) in [7, 11) is 1.78. The number of rotatable bonds is 3. The lowest BCUT2D eigenvalue weighted by molar-refractivity contribution is 0.896. The number of aryl methyl sites for hydroxylation is 2. The third-order valence-corrected chi connectivity index (χ3v) is 3.80. The van der Waals surface area contributed by atoms with Crippen molar-refractivity contribution >= 4 is 33.6 Å². The first-order valence-corrected chi connectivity index (χ1v) is 6.90. The largest absolute Gasteiger partial charge is 0.357 e. The van der Waals surface area contributed by atoms with E-state index in [1.54, 1.807) is 13.2 Å². The van der Waals surface area contributed by atoms with Crippen molar-refractivity contribution in [3.63, 3.8) is 0 Å². The highest BCUT2D eigenvalue weighted by Crippen LogP contribution is 2.30. The van der Waals surface area contributed by atoms with Crippen molar-refractivity contribution in [2.75, 3.05) is 12.4 Å². The van der Waals surface area contributed by atoms with Crippen LogP contribution in [0, 0.1) is 13.8 Å². The molecule has 0 fully saturated rings. The zero-order valence-corrected chi connectivity index (χ0v) is 12.6. The molecule has 0 aliphatic rings. The molecule has 0 aromatic carbocycles. The molecule has 0 amide bonds. The summed E-state index contributed by atoms with van der Waals surface area (Å²) in [5.41, 5.74) is 1.90. The first-order chi connectivity index (χ1) is 8.58. The molecule has 0 bridgehead atoms. The SMILES string of the molecule is CNc1ncc(Br)c(Sc2nc(C)cc(C)n2)n1. The number of hydrogen-bond acceptors (Lipinski definition) is 6. The van der Waals surface area contributed by atoms with Gasteiger partial charge in [-0.2, -0.15) is 0 Å². The predicted molar refractivity (Wildman–Crippen MR) is 74.9 cm³/mol. The third kappa shape index (κ3) is 3.17. The lowest BCUT2D eigenvalue weighted by Gasteiger charge is -2.05. The van der Waals surface area contributed by atoms with Crippen LogP contribution in [0.5, 0.6) is 0 Å². The number of halogens is 1. The summed E-state index contributed by atoms with van der Waals surface area (Å²) in [5, 5.41) is 4.39. The monoisotopic (exact) mass is 325 g/mol. The molecule has 18 heavy (non-hydrogen) atoms. The summed E-state index contributed by atoms with van der Waals surface area (Å²) in [6.07, 6.45) is 1.71. The smallest absolute Gasteiger partial charge is 0.223 e. The molecular formula is C11H12BrN5S. The minimum absolute atomic E-state index is 0.574. The van der Waals surface area contributed by atoms with Crippen LogP contribution in [0.2, 0.25) is 0 Å². The van der Waals surface area contributed by atoms with E-state index in [9.17, 15) is 0 Å². The lowest BCUT2D eigenvalue weighted by atomic mass is 10.4. The topological polar surface area (TPSA) is 63.6 Å². The molecular weight excluding hydrogens is 314 g/mol. The maximum Gasteiger partial charge on any atom is 0.223 e. The number of aromatic nitrogens is 4. The average molecular weight is 326 g/mol. The Hall–Kier alpha value is -1.21. The summed E-state index contributed by atoms with van der Waals surface area (Å²) >= 11 is 4.84. The molecule has 1 N–H and O–H groups in total. The lowest BCUT2D eigenvalue weighted by Crippen LogP contribution is -1.98. The number of nitrogens with zero attached hydrogens (tertiary/aromatic N) is 4. The van der Waals surface area contributed by atoms with Gasteiger partial charge >= 0.3 is 0 Å². The van der Waals surface area contributed by atoms with Gasteiger partial charge in [0.1, 0.15) is 5.03 Å². The normalized spacial score (nSPS) is 10.4. The second-order valence-electron chi connectivity index (χ2n) is 3.63. The Morgan fingerprint density at radius 2 is 1.83 bits per heavy atom. The molecule has 94 valence electrons. The van der Waals surface area contributed by atoms with Gasteiger partial charge in [0, 0.05) is 24.6 Å². The van der Waals surface area contributed by atoms with Crippen LogP contribution in [0.25, 0.3) is 0 Å². The Morgan fingerprint density at radius 3 is 2.44 bits per heavy atom. The predicted octanol–water partition coefficient (Wildman–Crippen LogP) is 2.84. The fraction of sp³-hybridized carbons (Fsp3) is 0.273. The van der Waals surface area contributed by atoms with Crippen LogP contribution >= 0.6 is 27.7 Å². The molecule has 2 aromatic rings. The summed E-state index contributed by atoms with van der Waals surface area (Å²) in [5.74, 6) is 0.574. The van der Waals surface area contributed by atoms with E-state index in [0.29, 0.717) is 11.1 Å². The van der Waals surface area contributed by atoms with Gasteiger partial charge in [0.15, 0.2) is 5.16 Å². The molecule has 0 aliphatic heterocycles. The van der Waals surface area contributed by atoms with Crippen molar-refractivity contribution in [3.8, 4) is 0 Å². The van der Waals surface area contributed by atoms with Gasteiger partial charge in [-0.05, 0) is 47.6 Å². The van der Waals surface area contributed by atoms with Crippen LogP contribution in [-0.2, 0) is 0 Å². The van der Waals surface area contributed by atoms with E-state index in [-0.39, 0.29) is 0 Å². The van der Waals surface area contributed by atoms with E-state index in [0.717, 1.165) is 20.9 Å². The zero-order chi connectivity index (χ0) is 13.1. The molecule has 2 heterocycles. The van der Waals surface area contributed by atoms with E-state index in [1.165, 1.54) is 11.8 Å². The standard InChI is InChI=1S/C11H12BrN5S/c1-6-4-7(2)16-11(15-6)18-9-8(12)5-14-10(13-3)17-9/h4-5H,1-3H3,(H,13,14,17). The van der Waals surface area contributed by atoms with Crippen molar-refractivity contribution in [3.05, 3.63) is 28.1 Å². The van der Waals surface area contributed by atoms with Gasteiger partial charge in [0.25, 0.3) is 0 Å². The molecule has 0 radical (unpaired) electrons. The van der Waals surface area contributed by atoms with Crippen molar-refractivity contribution in [1.82, 2.24) is 19.9 Å². The zero-order valence-electron chi connectivity index (χ0n) is 10.2. The van der Waals surface area contributed by atoms with Crippen LogP contribution in [0.15, 0.2) is 26.9 Å². The Bertz CT molecular complexity index is 555. The summed E-state index contributed by atoms with van der Waals surface area (Å²) in [4.78, 5) is 17.2. The molecule has 0 aliphatic carbocycles. The average Bonchev–Trinajstić information content (AvgIpc) is 2.30. The van der Waals surface area contributed by atoms with Crippen molar-refractivity contribution < 1.29 is 0 Å². The van der Waals surface area contributed by atoms with E-state index >= 15 is 0 Å². The molecule has 0 atom stereocenters. The van der Waals surface area contributed by atoms with Gasteiger partial charge in [-0.15, -0.1) is 0 Å². The summed E-state index contributed by atoms with van der Waals surface area (Å²) in [6, 6.07) is 1.94. The molecule has 0 saturated carbocycles. The van der Waals surface area contributed by atoms with E-state index in [4.69, 9.17) is 0 Å². The van der Waals surface area contributed by atoms with Gasteiger partial charge in [0.2, 0.25) is 5.95 Å². The fourth-order valence-corrected chi connectivity index (χ4v) is 2.64. The van der Waals surface area contributed by atoms with E-state index in [2.05, 4.69) is 41.2 Å². The summed E-state index contributed by atoms with van der Waals surface area (Å²) in [6.45, 7) is 3.90. The number of anilines is 1. The van der Waals surface area contributed by atoms with Crippen LogP contribution in [-0.4, -0.2) is 27.0 Å². The third-order valence-electron chi connectivity index (χ3n) is 2.09. The van der Waals surface area contributed by atoms with E-state index in [1.807, 2.05) is 19.9 Å². The number of hydrogen-bond donors (Lipinski definition) is 1. The van der Waals surface area contributed by atoms with Crippen molar-refractivity contribution in [2.24, 2.45) is 0 Å².